The Kier molecular flexibility index (Phi) is 5.58. The number of benzene rings is 2. The van der Waals surface area contributed by atoms with E-state index in [1.54, 1.807) is 13.0 Å². The Balaban J connectivity index is 1.67. The molecule has 0 bridgehead atoms. The third-order valence-corrected chi connectivity index (χ3v) is 6.14. The van der Waals surface area contributed by atoms with E-state index in [-0.39, 0.29) is 17.8 Å². The van der Waals surface area contributed by atoms with Crippen LogP contribution in [0, 0.1) is 30.9 Å². The first-order chi connectivity index (χ1) is 15.2. The van der Waals surface area contributed by atoms with E-state index in [1.165, 1.54) is 34.4 Å². The Bertz CT molecular complexity index is 1440. The predicted octanol–water partition coefficient (Wildman–Crippen LogP) is 4.60. The number of nitro benzene ring substituents is 1. The first kappa shape index (κ1) is 21.4. The Morgan fingerprint density at radius 3 is 2.62 bits per heavy atom. The van der Waals surface area contributed by atoms with Crippen LogP contribution in [0.1, 0.15) is 16.7 Å². The Morgan fingerprint density at radius 2 is 1.91 bits per heavy atom. The van der Waals surface area contributed by atoms with E-state index in [4.69, 9.17) is 0 Å². The minimum atomic E-state index is -0.525. The van der Waals surface area contributed by atoms with E-state index in [0.29, 0.717) is 21.5 Å². The van der Waals surface area contributed by atoms with Crippen LogP contribution in [0.2, 0.25) is 0 Å². The number of nitrogens with zero attached hydrogens (tertiary/aromatic N) is 3. The number of nitrogens with one attached hydrogen (secondary N) is 1. The lowest BCUT2D eigenvalue weighted by Crippen LogP contribution is -2.28. The lowest BCUT2D eigenvalue weighted by molar-refractivity contribution is -0.384. The van der Waals surface area contributed by atoms with Crippen molar-refractivity contribution < 1.29 is 9.72 Å². The molecule has 32 heavy (non-hydrogen) atoms. The quantitative estimate of drug-likeness (QED) is 0.355. The van der Waals surface area contributed by atoms with Crippen molar-refractivity contribution in [2.24, 2.45) is 0 Å². The van der Waals surface area contributed by atoms with Gasteiger partial charge in [0.15, 0.2) is 0 Å². The van der Waals surface area contributed by atoms with Crippen LogP contribution in [0.3, 0.4) is 0 Å². The number of thiophene rings is 1. The summed E-state index contributed by atoms with van der Waals surface area (Å²) in [5.41, 5.74) is 4.52. The topological polar surface area (TPSA) is 107 Å². The molecule has 0 fully saturated rings. The number of non-ortho nitro benzene ring substituents is 1. The third kappa shape index (κ3) is 4.02. The summed E-state index contributed by atoms with van der Waals surface area (Å²) >= 11 is 1.38. The van der Waals surface area contributed by atoms with Gasteiger partial charge in [-0.1, -0.05) is 29.8 Å². The minimum Gasteiger partial charge on any atom is -0.324 e. The highest BCUT2D eigenvalue weighted by Gasteiger charge is 2.17. The summed E-state index contributed by atoms with van der Waals surface area (Å²) in [5.74, 6) is -0.472. The van der Waals surface area contributed by atoms with Gasteiger partial charge in [-0.05, 0) is 37.5 Å². The van der Waals surface area contributed by atoms with Gasteiger partial charge in [-0.25, -0.2) is 4.98 Å². The molecule has 1 N–H and O–H groups in total. The summed E-state index contributed by atoms with van der Waals surface area (Å²) in [5, 5.41) is 16.1. The largest absolute Gasteiger partial charge is 0.324 e. The second kappa shape index (κ2) is 8.35. The van der Waals surface area contributed by atoms with Gasteiger partial charge in [0.25, 0.3) is 11.2 Å². The molecule has 8 nitrogen and oxygen atoms in total. The van der Waals surface area contributed by atoms with Crippen molar-refractivity contribution in [2.45, 2.75) is 27.3 Å². The lowest BCUT2D eigenvalue weighted by atomic mass is 9.99. The fourth-order valence-electron chi connectivity index (χ4n) is 3.60. The standard InChI is InChI=1S/C23H20N4O4S/c1-13-4-7-17(15(3)8-13)18-11-32-22-21(18)23(29)26(12-24-22)10-20(28)25-19-9-16(27(30)31)6-5-14(19)2/h4-9,11-12H,10H2,1-3H3,(H,25,28). The normalized spacial score (nSPS) is 11.0. The smallest absolute Gasteiger partial charge is 0.271 e. The van der Waals surface area contributed by atoms with E-state index >= 15 is 0 Å². The molecule has 2 aromatic heterocycles. The fraction of sp³-hybridized carbons (Fsp3) is 0.174. The number of aryl methyl sites for hydroxylation is 3. The number of carbonyl (C=O) groups excluding carboxylic acids is 1. The number of amides is 1. The van der Waals surface area contributed by atoms with E-state index in [1.807, 2.05) is 31.4 Å². The Hall–Kier alpha value is -3.85. The lowest BCUT2D eigenvalue weighted by Gasteiger charge is -2.10. The summed E-state index contributed by atoms with van der Waals surface area (Å²) in [4.78, 5) is 41.3. The zero-order valence-corrected chi connectivity index (χ0v) is 18.5. The molecule has 1 amide bonds. The van der Waals surface area contributed by atoms with Gasteiger partial charge < -0.3 is 5.32 Å². The molecule has 0 radical (unpaired) electrons. The summed E-state index contributed by atoms with van der Waals surface area (Å²) in [7, 11) is 0. The first-order valence-corrected chi connectivity index (χ1v) is 10.7. The summed E-state index contributed by atoms with van der Waals surface area (Å²) in [6.45, 7) is 5.49. The SMILES string of the molecule is Cc1ccc(-c2csc3ncn(CC(=O)Nc4cc([N+](=O)[O-])ccc4C)c(=O)c23)c(C)c1. The molecule has 0 aliphatic rings. The maximum Gasteiger partial charge on any atom is 0.271 e. The summed E-state index contributed by atoms with van der Waals surface area (Å²) in [6.07, 6.45) is 1.35. The van der Waals surface area contributed by atoms with Gasteiger partial charge >= 0.3 is 0 Å². The van der Waals surface area contributed by atoms with Crippen LogP contribution in [-0.2, 0) is 11.3 Å². The zero-order chi connectivity index (χ0) is 23.0. The van der Waals surface area contributed by atoms with Crippen molar-refractivity contribution in [1.29, 1.82) is 0 Å². The maximum absolute atomic E-state index is 13.2. The molecule has 9 heteroatoms. The summed E-state index contributed by atoms with van der Waals surface area (Å²) in [6, 6.07) is 10.3. The van der Waals surface area contributed by atoms with Gasteiger partial charge in [0.1, 0.15) is 11.4 Å². The van der Waals surface area contributed by atoms with Gasteiger partial charge in [-0.15, -0.1) is 11.3 Å². The van der Waals surface area contributed by atoms with Gasteiger partial charge in [0.2, 0.25) is 5.91 Å². The minimum absolute atomic E-state index is 0.123. The first-order valence-electron chi connectivity index (χ1n) is 9.83. The van der Waals surface area contributed by atoms with E-state index in [2.05, 4.69) is 16.4 Å². The molecular formula is C23H20N4O4S. The molecule has 0 spiro atoms. The number of anilines is 1. The van der Waals surface area contributed by atoms with E-state index in [9.17, 15) is 19.7 Å². The number of hydrogen-bond acceptors (Lipinski definition) is 6. The van der Waals surface area contributed by atoms with Crippen LogP contribution in [-0.4, -0.2) is 20.4 Å². The molecule has 0 saturated carbocycles. The number of aromatic nitrogens is 2. The van der Waals surface area contributed by atoms with Crippen molar-refractivity contribution in [2.75, 3.05) is 5.32 Å². The van der Waals surface area contributed by atoms with E-state index in [0.717, 1.165) is 22.3 Å². The van der Waals surface area contributed by atoms with Gasteiger partial charge in [0, 0.05) is 23.1 Å². The van der Waals surface area contributed by atoms with Crippen LogP contribution in [0.25, 0.3) is 21.3 Å². The molecule has 0 aliphatic heterocycles. The second-order valence-corrected chi connectivity index (χ2v) is 8.49. The van der Waals surface area contributed by atoms with Gasteiger partial charge in [-0.3, -0.25) is 24.3 Å². The second-order valence-electron chi connectivity index (χ2n) is 7.63. The molecule has 0 atom stereocenters. The fourth-order valence-corrected chi connectivity index (χ4v) is 4.49. The number of fused-ring (bicyclic) bond motifs is 1. The molecule has 4 rings (SSSR count). The Morgan fingerprint density at radius 1 is 1.12 bits per heavy atom. The molecule has 0 saturated heterocycles. The number of nitro groups is 1. The highest BCUT2D eigenvalue weighted by Crippen LogP contribution is 2.33. The zero-order valence-electron chi connectivity index (χ0n) is 17.7. The molecule has 0 aliphatic carbocycles. The molecule has 0 unspecified atom stereocenters. The van der Waals surface area contributed by atoms with Crippen LogP contribution >= 0.6 is 11.3 Å². The predicted molar refractivity (Wildman–Crippen MR) is 125 cm³/mol. The van der Waals surface area contributed by atoms with Crippen molar-refractivity contribution >= 4 is 38.8 Å². The van der Waals surface area contributed by atoms with Gasteiger partial charge in [-0.2, -0.15) is 0 Å². The third-order valence-electron chi connectivity index (χ3n) is 5.25. The monoisotopic (exact) mass is 448 g/mol. The van der Waals surface area contributed by atoms with Crippen molar-refractivity contribution in [3.8, 4) is 11.1 Å². The molecule has 4 aromatic rings. The Labute approximate surface area is 187 Å². The van der Waals surface area contributed by atoms with Gasteiger partial charge in [0.05, 0.1) is 22.3 Å². The van der Waals surface area contributed by atoms with E-state index < -0.39 is 10.8 Å². The van der Waals surface area contributed by atoms with Crippen molar-refractivity contribution in [3.05, 3.63) is 85.3 Å². The van der Waals surface area contributed by atoms with Crippen LogP contribution < -0.4 is 10.9 Å². The van der Waals surface area contributed by atoms with Crippen LogP contribution in [0.4, 0.5) is 11.4 Å². The summed E-state index contributed by atoms with van der Waals surface area (Å²) < 4.78 is 1.25. The highest BCUT2D eigenvalue weighted by atomic mass is 32.1. The average molecular weight is 449 g/mol. The molecular weight excluding hydrogens is 428 g/mol. The maximum atomic E-state index is 13.2. The van der Waals surface area contributed by atoms with Crippen LogP contribution in [0.15, 0.2) is 52.9 Å². The molecule has 162 valence electrons. The number of rotatable bonds is 5. The molecule has 2 heterocycles. The van der Waals surface area contributed by atoms with Crippen LogP contribution in [0.5, 0.6) is 0 Å². The average Bonchev–Trinajstić information content (AvgIpc) is 3.16. The molecule has 2 aromatic carbocycles. The highest BCUT2D eigenvalue weighted by molar-refractivity contribution is 7.17. The van der Waals surface area contributed by atoms with Crippen molar-refractivity contribution in [3.63, 3.8) is 0 Å². The van der Waals surface area contributed by atoms with Crippen molar-refractivity contribution in [1.82, 2.24) is 9.55 Å². The number of carbonyl (C=O) groups is 1. The number of hydrogen-bond donors (Lipinski definition) is 1.